The first-order valence-electron chi connectivity index (χ1n) is 12.0. The molecule has 2 aromatic carbocycles. The fraction of sp³-hybridized carbons (Fsp3) is 0.571. The van der Waals surface area contributed by atoms with Crippen molar-refractivity contribution in [2.45, 2.75) is 105 Å². The van der Waals surface area contributed by atoms with E-state index in [0.717, 1.165) is 47.9 Å². The van der Waals surface area contributed by atoms with Crippen molar-refractivity contribution in [2.75, 3.05) is 0 Å². The summed E-state index contributed by atoms with van der Waals surface area (Å²) < 4.78 is 0. The van der Waals surface area contributed by atoms with Crippen molar-refractivity contribution in [2.24, 2.45) is 0 Å². The van der Waals surface area contributed by atoms with Gasteiger partial charge in [-0.05, 0) is 72.9 Å². The smallest absolute Gasteiger partial charge is 0.121 e. The highest BCUT2D eigenvalue weighted by Crippen LogP contribution is 2.35. The van der Waals surface area contributed by atoms with Crippen molar-refractivity contribution >= 4 is 0 Å². The van der Waals surface area contributed by atoms with Crippen LogP contribution in [0.15, 0.2) is 24.3 Å². The molecule has 0 aliphatic heterocycles. The van der Waals surface area contributed by atoms with E-state index < -0.39 is 0 Å². The summed E-state index contributed by atoms with van der Waals surface area (Å²) in [5.74, 6) is 1.15. The van der Waals surface area contributed by atoms with E-state index in [9.17, 15) is 10.2 Å². The molecular weight excluding hydrogens is 368 g/mol. The number of unbranched alkanes of at least 4 members (excludes halogenated alkanes) is 6. The zero-order chi connectivity index (χ0) is 22.1. The quantitative estimate of drug-likeness (QED) is 0.347. The van der Waals surface area contributed by atoms with Gasteiger partial charge in [0.2, 0.25) is 0 Å². The van der Waals surface area contributed by atoms with Crippen LogP contribution in [0.4, 0.5) is 0 Å². The van der Waals surface area contributed by atoms with Gasteiger partial charge in [-0.2, -0.15) is 0 Å². The molecule has 0 radical (unpaired) electrons. The fourth-order valence-electron chi connectivity index (χ4n) is 4.32. The fourth-order valence-corrected chi connectivity index (χ4v) is 4.32. The third-order valence-electron chi connectivity index (χ3n) is 6.40. The predicted molar refractivity (Wildman–Crippen MR) is 129 cm³/mol. The summed E-state index contributed by atoms with van der Waals surface area (Å²) in [6, 6.07) is 8.64. The Morgan fingerprint density at radius 3 is 1.40 bits per heavy atom. The van der Waals surface area contributed by atoms with Crippen LogP contribution in [0.25, 0.3) is 0 Å². The summed E-state index contributed by atoms with van der Waals surface area (Å²) in [5.41, 5.74) is 6.56. The summed E-state index contributed by atoms with van der Waals surface area (Å²) >= 11 is 0. The number of rotatable bonds is 12. The average molecular weight is 411 g/mol. The summed E-state index contributed by atoms with van der Waals surface area (Å²) in [5, 5.41) is 21.1. The molecular formula is C28H42O2. The molecule has 0 bridgehead atoms. The van der Waals surface area contributed by atoms with Crippen LogP contribution < -0.4 is 0 Å². The molecule has 30 heavy (non-hydrogen) atoms. The number of benzene rings is 2. The molecule has 0 heterocycles. The van der Waals surface area contributed by atoms with Gasteiger partial charge in [0.15, 0.2) is 0 Å². The van der Waals surface area contributed by atoms with Crippen molar-refractivity contribution in [1.29, 1.82) is 0 Å². The van der Waals surface area contributed by atoms with Gasteiger partial charge in [-0.3, -0.25) is 0 Å². The Kier molecular flexibility index (Phi) is 9.75. The topological polar surface area (TPSA) is 40.5 Å². The largest absolute Gasteiger partial charge is 0.507 e. The number of phenolic OH excluding ortho intramolecular Hbond substituents is 2. The van der Waals surface area contributed by atoms with E-state index >= 15 is 0 Å². The van der Waals surface area contributed by atoms with E-state index in [2.05, 4.69) is 45.0 Å². The van der Waals surface area contributed by atoms with Gasteiger partial charge in [-0.15, -0.1) is 0 Å². The van der Waals surface area contributed by atoms with Crippen LogP contribution in [-0.2, 0) is 12.8 Å². The Hall–Kier alpha value is -1.96. The molecule has 2 rings (SSSR count). The van der Waals surface area contributed by atoms with E-state index in [0.29, 0.717) is 11.5 Å². The third kappa shape index (κ3) is 6.52. The van der Waals surface area contributed by atoms with Crippen LogP contribution in [0.2, 0.25) is 0 Å². The number of aryl methyl sites for hydroxylation is 4. The maximum absolute atomic E-state index is 10.6. The molecule has 2 nitrogen and oxygen atoms in total. The Morgan fingerprint density at radius 1 is 0.633 bits per heavy atom. The molecule has 0 spiro atoms. The van der Waals surface area contributed by atoms with Crippen molar-refractivity contribution in [3.63, 3.8) is 0 Å². The second kappa shape index (κ2) is 12.0. The lowest BCUT2D eigenvalue weighted by Crippen LogP contribution is -2.02. The number of hydrogen-bond acceptors (Lipinski definition) is 2. The molecule has 0 fully saturated rings. The van der Waals surface area contributed by atoms with E-state index in [1.807, 2.05) is 13.8 Å². The molecule has 0 saturated heterocycles. The molecule has 2 aromatic rings. The van der Waals surface area contributed by atoms with Crippen molar-refractivity contribution in [3.8, 4) is 11.5 Å². The van der Waals surface area contributed by atoms with E-state index in [-0.39, 0.29) is 5.92 Å². The van der Waals surface area contributed by atoms with Gasteiger partial charge in [0.25, 0.3) is 0 Å². The molecule has 2 heteroatoms. The van der Waals surface area contributed by atoms with Gasteiger partial charge in [-0.1, -0.05) is 83.6 Å². The second-order valence-electron chi connectivity index (χ2n) is 9.03. The highest BCUT2D eigenvalue weighted by Gasteiger charge is 2.16. The second-order valence-corrected chi connectivity index (χ2v) is 9.03. The van der Waals surface area contributed by atoms with Crippen LogP contribution in [0, 0.1) is 13.8 Å². The molecule has 0 atom stereocenters. The average Bonchev–Trinajstić information content (AvgIpc) is 2.73. The maximum Gasteiger partial charge on any atom is 0.121 e. The summed E-state index contributed by atoms with van der Waals surface area (Å²) in [6.45, 7) is 10.7. The molecule has 0 aliphatic carbocycles. The Balaban J connectivity index is 2.25. The lowest BCUT2D eigenvalue weighted by molar-refractivity contribution is 0.461. The lowest BCUT2D eigenvalue weighted by atomic mass is 9.87. The van der Waals surface area contributed by atoms with Crippen LogP contribution in [-0.4, -0.2) is 10.2 Å². The maximum atomic E-state index is 10.6. The zero-order valence-electron chi connectivity index (χ0n) is 19.9. The number of phenols is 2. The number of hydrogen-bond donors (Lipinski definition) is 2. The van der Waals surface area contributed by atoms with E-state index in [1.165, 1.54) is 49.7 Å². The summed E-state index contributed by atoms with van der Waals surface area (Å²) in [6.07, 6.45) is 11.5. The first kappa shape index (κ1) is 24.3. The zero-order valence-corrected chi connectivity index (χ0v) is 19.9. The van der Waals surface area contributed by atoms with Gasteiger partial charge in [-0.25, -0.2) is 0 Å². The number of aromatic hydroxyl groups is 2. The molecule has 2 N–H and O–H groups in total. The van der Waals surface area contributed by atoms with Crippen LogP contribution in [0.5, 0.6) is 11.5 Å². The normalized spacial score (nSPS) is 11.4. The SMILES string of the molecule is CCCCCCc1cc(C(C)c2cc(C)c(O)c(CCCCCC)c2)cc(C)c1O. The van der Waals surface area contributed by atoms with E-state index in [1.54, 1.807) is 0 Å². The molecule has 0 aliphatic rings. The Labute approximate surface area is 184 Å². The van der Waals surface area contributed by atoms with Crippen LogP contribution in [0.1, 0.15) is 111 Å². The minimum Gasteiger partial charge on any atom is -0.507 e. The predicted octanol–water partition coefficient (Wildman–Crippen LogP) is 8.11. The highest BCUT2D eigenvalue weighted by atomic mass is 16.3. The molecule has 0 unspecified atom stereocenters. The standard InChI is InChI=1S/C28H42O2/c1-6-8-10-12-14-23-18-25(16-20(3)27(23)29)22(5)26-17-21(4)28(30)24(19-26)15-13-11-9-7-2/h16-19,22,29-30H,6-15H2,1-5H3. The summed E-state index contributed by atoms with van der Waals surface area (Å²) in [7, 11) is 0. The van der Waals surface area contributed by atoms with Crippen molar-refractivity contribution in [1.82, 2.24) is 0 Å². The van der Waals surface area contributed by atoms with Gasteiger partial charge in [0.1, 0.15) is 11.5 Å². The van der Waals surface area contributed by atoms with Gasteiger partial charge >= 0.3 is 0 Å². The van der Waals surface area contributed by atoms with Crippen molar-refractivity contribution < 1.29 is 10.2 Å². The third-order valence-corrected chi connectivity index (χ3v) is 6.40. The van der Waals surface area contributed by atoms with Gasteiger partial charge in [0, 0.05) is 5.92 Å². The molecule has 0 amide bonds. The molecule has 0 aromatic heterocycles. The highest BCUT2D eigenvalue weighted by molar-refractivity contribution is 5.49. The first-order valence-corrected chi connectivity index (χ1v) is 12.0. The molecule has 166 valence electrons. The van der Waals surface area contributed by atoms with Crippen molar-refractivity contribution in [3.05, 3.63) is 57.6 Å². The van der Waals surface area contributed by atoms with E-state index in [4.69, 9.17) is 0 Å². The lowest BCUT2D eigenvalue weighted by Gasteiger charge is -2.19. The van der Waals surface area contributed by atoms with Crippen LogP contribution in [0.3, 0.4) is 0 Å². The minimum atomic E-state index is 0.229. The monoisotopic (exact) mass is 410 g/mol. The first-order chi connectivity index (χ1) is 14.4. The van der Waals surface area contributed by atoms with Gasteiger partial charge < -0.3 is 10.2 Å². The minimum absolute atomic E-state index is 0.229. The summed E-state index contributed by atoms with van der Waals surface area (Å²) in [4.78, 5) is 0. The molecule has 0 saturated carbocycles. The van der Waals surface area contributed by atoms with Crippen LogP contribution >= 0.6 is 0 Å². The Bertz CT molecular complexity index is 739. The Morgan fingerprint density at radius 2 is 1.03 bits per heavy atom. The van der Waals surface area contributed by atoms with Gasteiger partial charge in [0.05, 0.1) is 0 Å².